The Bertz CT molecular complexity index is 2050. The fraction of sp³-hybridized carbons (Fsp3) is 0.462. The molecule has 0 fully saturated rings. The Balaban J connectivity index is -0.000000428. The van der Waals surface area contributed by atoms with Crippen molar-refractivity contribution in [2.75, 3.05) is 41.2 Å². The molecule has 0 aliphatic rings. The summed E-state index contributed by atoms with van der Waals surface area (Å²) in [6.45, 7) is -1.83. The van der Waals surface area contributed by atoms with Gasteiger partial charge in [-0.15, -0.1) is 0 Å². The number of nitrogens with zero attached hydrogens (tertiary/aromatic N) is 1. The van der Waals surface area contributed by atoms with E-state index in [9.17, 15) is 93.4 Å². The predicted octanol–water partition coefficient (Wildman–Crippen LogP) is 7.36. The summed E-state index contributed by atoms with van der Waals surface area (Å²) in [6, 6.07) is 8.81. The number of carbonyl (C=O) groups is 3. The Kier molecular flexibility index (Phi) is 35.2. The number of methoxy groups -OCH3 is 2. The van der Waals surface area contributed by atoms with Crippen molar-refractivity contribution in [1.82, 2.24) is 0 Å². The zero-order chi connectivity index (χ0) is 56.2. The van der Waals surface area contributed by atoms with Crippen molar-refractivity contribution in [1.29, 1.82) is 0 Å². The molecular formula is C39H43F18N2NaO12. The molecular weight excluding hydrogens is 1050 g/mol. The van der Waals surface area contributed by atoms with E-state index in [-0.39, 0.29) is 46.2 Å². The van der Waals surface area contributed by atoms with Crippen molar-refractivity contribution in [3.05, 3.63) is 94.3 Å². The molecule has 0 radical (unpaired) electrons. The fourth-order valence-electron chi connectivity index (χ4n) is 4.04. The van der Waals surface area contributed by atoms with Gasteiger partial charge in [-0.1, -0.05) is 0 Å². The number of carboxylic acids is 1. The van der Waals surface area contributed by atoms with E-state index in [1.807, 2.05) is 5.59 Å². The molecule has 0 saturated heterocycles. The third-order valence-electron chi connectivity index (χ3n) is 7.58. The number of phenols is 1. The number of aliphatic hydroxyl groups is 2. The van der Waals surface area contributed by atoms with E-state index in [1.165, 1.54) is 13.2 Å². The van der Waals surface area contributed by atoms with Crippen LogP contribution < -0.4 is 44.9 Å². The molecule has 72 heavy (non-hydrogen) atoms. The number of halogens is 18. The molecule has 0 atom stereocenters. The van der Waals surface area contributed by atoms with Crippen LogP contribution >= 0.6 is 0 Å². The summed E-state index contributed by atoms with van der Waals surface area (Å²) in [5.41, 5.74) is 1.78. The predicted molar refractivity (Wildman–Crippen MR) is 207 cm³/mol. The van der Waals surface area contributed by atoms with Crippen LogP contribution in [0.4, 0.5) is 79.0 Å². The van der Waals surface area contributed by atoms with E-state index in [4.69, 9.17) is 35.1 Å². The minimum Gasteiger partial charge on any atom is -0.505 e. The fourth-order valence-corrected chi connectivity index (χ4v) is 4.04. The van der Waals surface area contributed by atoms with Crippen LogP contribution in [0.25, 0.3) is 5.59 Å². The number of esters is 2. The smallest absolute Gasteiger partial charge is 0.505 e. The summed E-state index contributed by atoms with van der Waals surface area (Å²) >= 11 is 0. The second-order valence-electron chi connectivity index (χ2n) is 12.7. The van der Waals surface area contributed by atoms with E-state index in [1.54, 1.807) is 0 Å². The van der Waals surface area contributed by atoms with E-state index >= 15 is 0 Å². The van der Waals surface area contributed by atoms with Gasteiger partial charge in [-0.2, -0.15) is 65.9 Å². The van der Waals surface area contributed by atoms with Gasteiger partial charge < -0.3 is 56.0 Å². The monoisotopic (exact) mass is 1100 g/mol. The van der Waals surface area contributed by atoms with Crippen LogP contribution in [-0.4, -0.2) is 121 Å². The van der Waals surface area contributed by atoms with Crippen molar-refractivity contribution in [3.63, 3.8) is 0 Å². The Hall–Kier alpha value is -4.99. The minimum atomic E-state index is -5.65. The van der Waals surface area contributed by atoms with E-state index < -0.39 is 147 Å². The number of aliphatic hydroxyl groups excluding tert-OH is 2. The summed E-state index contributed by atoms with van der Waals surface area (Å²) in [4.78, 5) is 32.7. The van der Waals surface area contributed by atoms with Gasteiger partial charge in [-0.25, -0.2) is 27.6 Å². The Labute approximate surface area is 417 Å². The first-order valence-electron chi connectivity index (χ1n) is 18.7. The van der Waals surface area contributed by atoms with Gasteiger partial charge in [0.05, 0.1) is 44.1 Å². The molecule has 0 saturated carbocycles. The maximum absolute atomic E-state index is 13.4. The van der Waals surface area contributed by atoms with E-state index in [0.717, 1.165) is 62.8 Å². The quantitative estimate of drug-likeness (QED) is 0.0206. The molecule has 0 bridgehead atoms. The Morgan fingerprint density at radius 3 is 1.14 bits per heavy atom. The summed E-state index contributed by atoms with van der Waals surface area (Å²) in [7, 11) is 3.31. The number of hydrogen-bond acceptors (Lipinski definition) is 12. The average molecular weight is 1100 g/mol. The molecule has 0 aliphatic heterocycles. The van der Waals surface area contributed by atoms with Gasteiger partial charge in [-0.05, 0) is 73.9 Å². The first kappa shape index (κ1) is 73.5. The summed E-state index contributed by atoms with van der Waals surface area (Å²) in [5, 5.41) is 39.5. The zero-order valence-corrected chi connectivity index (χ0v) is 39.5. The zero-order valence-electron chi connectivity index (χ0n) is 37.5. The molecule has 0 aromatic heterocycles. The normalized spacial score (nSPS) is 11.3. The number of carbonyl (C=O) groups excluding carboxylic acids is 2. The summed E-state index contributed by atoms with van der Waals surface area (Å²) in [6.07, 6.45) is -23.0. The number of carboxylic acid groups (broad SMARTS) is 1. The number of ether oxygens (including phenoxy) is 4. The van der Waals surface area contributed by atoms with Gasteiger partial charge in [0.1, 0.15) is 0 Å². The topological polar surface area (TPSA) is 229 Å². The number of nitrogens with two attached hydrogens (primary N) is 1. The number of aromatic hydroxyl groups is 1. The van der Waals surface area contributed by atoms with Crippen molar-refractivity contribution < 1.29 is 168 Å². The second kappa shape index (κ2) is 34.4. The second-order valence-corrected chi connectivity index (χ2v) is 12.7. The van der Waals surface area contributed by atoms with E-state index in [2.05, 4.69) is 15.3 Å². The SMILES string of the molecule is CO.COC(=O)c1ccc(F)c(O)c1.COC(=O)c1ccc(F)c(OCCCC(F)(F)C(F)(F)F)c1.N[N-]O.O=C(O)c1ccc(F)c(OCCCC(F)(F)C(F)(F)F)c1.OCCCC(F)(F)C(F)(F)F.[Na+]. The molecule has 0 unspecified atom stereocenters. The van der Waals surface area contributed by atoms with Gasteiger partial charge in [0, 0.05) is 33.0 Å². The van der Waals surface area contributed by atoms with E-state index in [0.29, 0.717) is 0 Å². The van der Waals surface area contributed by atoms with Crippen molar-refractivity contribution in [2.45, 2.75) is 74.8 Å². The third-order valence-corrected chi connectivity index (χ3v) is 7.58. The van der Waals surface area contributed by atoms with Crippen LogP contribution in [0.1, 0.15) is 69.6 Å². The van der Waals surface area contributed by atoms with Gasteiger partial charge in [0.25, 0.3) is 0 Å². The number of phenolic OH excluding ortho intramolecular Hbond substituents is 1. The average Bonchev–Trinajstić information content (AvgIpc) is 3.27. The Morgan fingerprint density at radius 2 is 0.847 bits per heavy atom. The Morgan fingerprint density at radius 1 is 0.556 bits per heavy atom. The van der Waals surface area contributed by atoms with Gasteiger partial charge in [0.2, 0.25) is 0 Å². The molecule has 0 spiro atoms. The molecule has 33 heteroatoms. The van der Waals surface area contributed by atoms with Gasteiger partial charge >= 0.3 is 83.8 Å². The van der Waals surface area contributed by atoms with Crippen LogP contribution in [-0.2, 0) is 9.47 Å². The molecule has 0 amide bonds. The first-order chi connectivity index (χ1) is 32.5. The maximum Gasteiger partial charge on any atom is 1.00 e. The molecule has 0 heterocycles. The number of rotatable bonds is 16. The first-order valence-corrected chi connectivity index (χ1v) is 18.7. The number of hydrogen-bond donors (Lipinski definition) is 6. The molecule has 7 N–H and O–H groups in total. The molecule has 14 nitrogen and oxygen atoms in total. The molecule has 0 aliphatic carbocycles. The molecule has 3 aromatic rings. The largest absolute Gasteiger partial charge is 1.00 e. The van der Waals surface area contributed by atoms with Gasteiger partial charge in [-0.3, -0.25) is 0 Å². The van der Waals surface area contributed by atoms with Crippen LogP contribution in [0, 0.1) is 17.5 Å². The van der Waals surface area contributed by atoms with Gasteiger partial charge in [0.15, 0.2) is 34.7 Å². The van der Waals surface area contributed by atoms with Crippen LogP contribution in [0.3, 0.4) is 0 Å². The molecule has 408 valence electrons. The summed E-state index contributed by atoms with van der Waals surface area (Å²) in [5.74, 6) is -17.2. The number of benzene rings is 3. The minimum absolute atomic E-state index is 0. The molecule has 3 rings (SSSR count). The maximum atomic E-state index is 13.4. The standard InChI is InChI=1S/C13H12F6O3.C12H10F6O3.C8H7FO3.C5H7F5O.CH4O.H3N2O.Na/c1-21-11(20)8-3-4-9(14)10(7-8)22-6-2-5-12(15,16)13(17,18)19;13-8-3-2-7(10(19)20)6-9(8)21-5-1-4-11(14,15)12(16,17)18;1-12-8(11)5-2-3-6(9)7(10)4-5;6-4(7,2-1-3-11)5(8,9)10;1-2;1-2-3;/h3-4,7H,2,5-6H2,1H3;2-3,6H,1,4-5H2,(H,19,20);2-4,10H,1H3;11H,1-3H2;2H,1H3;3H,1H2;/q;;;;;-1;+1. The van der Waals surface area contributed by atoms with Crippen LogP contribution in [0.5, 0.6) is 17.2 Å². The van der Waals surface area contributed by atoms with Crippen LogP contribution in [0.15, 0.2) is 54.6 Å². The van der Waals surface area contributed by atoms with Crippen LogP contribution in [0.2, 0.25) is 0 Å². The third kappa shape index (κ3) is 27.7. The number of aromatic carboxylic acids is 1. The van der Waals surface area contributed by atoms with Crippen molar-refractivity contribution in [3.8, 4) is 17.2 Å². The van der Waals surface area contributed by atoms with Crippen molar-refractivity contribution >= 4 is 17.9 Å². The number of alkyl halides is 15. The van der Waals surface area contributed by atoms with Crippen molar-refractivity contribution in [2.24, 2.45) is 5.84 Å². The summed E-state index contributed by atoms with van der Waals surface area (Å²) < 4.78 is 237. The molecule has 3 aromatic carbocycles.